The zero-order chi connectivity index (χ0) is 17.7. The van der Waals surface area contributed by atoms with E-state index in [0.29, 0.717) is 17.9 Å². The Morgan fingerprint density at radius 2 is 2.00 bits per heavy atom. The number of ketones is 1. The number of carbonyl (C=O) groups is 2. The van der Waals surface area contributed by atoms with E-state index in [0.717, 1.165) is 29.5 Å². The summed E-state index contributed by atoms with van der Waals surface area (Å²) >= 11 is 0. The van der Waals surface area contributed by atoms with E-state index in [1.165, 1.54) is 0 Å². The van der Waals surface area contributed by atoms with Crippen molar-refractivity contribution in [1.82, 2.24) is 0 Å². The zero-order valence-electron chi connectivity index (χ0n) is 14.7. The van der Waals surface area contributed by atoms with E-state index in [-0.39, 0.29) is 16.6 Å². The van der Waals surface area contributed by atoms with Crippen LogP contribution in [0.3, 0.4) is 0 Å². The fourth-order valence-corrected chi connectivity index (χ4v) is 4.41. The Hall–Kier alpha value is -2.16. The molecular formula is C21H25NO2. The van der Waals surface area contributed by atoms with Gasteiger partial charge in [-0.05, 0) is 47.0 Å². The molecule has 2 atom stereocenters. The van der Waals surface area contributed by atoms with Gasteiger partial charge in [-0.3, -0.25) is 9.59 Å². The smallest absolute Gasteiger partial charge is 0.244 e. The molecule has 1 aromatic rings. The van der Waals surface area contributed by atoms with E-state index in [4.69, 9.17) is 5.73 Å². The minimum atomic E-state index is -0.484. The molecule has 2 aliphatic rings. The molecule has 0 heterocycles. The van der Waals surface area contributed by atoms with Crippen LogP contribution in [0.2, 0.25) is 0 Å². The van der Waals surface area contributed by atoms with Crippen molar-refractivity contribution >= 4 is 17.8 Å². The van der Waals surface area contributed by atoms with Crippen LogP contribution in [-0.4, -0.2) is 11.7 Å². The largest absolute Gasteiger partial charge is 0.366 e. The molecule has 0 saturated heterocycles. The van der Waals surface area contributed by atoms with Crippen LogP contribution >= 0.6 is 0 Å². The predicted octanol–water partition coefficient (Wildman–Crippen LogP) is 3.68. The van der Waals surface area contributed by atoms with Crippen molar-refractivity contribution < 1.29 is 9.59 Å². The third-order valence-corrected chi connectivity index (χ3v) is 6.48. The van der Waals surface area contributed by atoms with Crippen molar-refractivity contribution in [2.24, 2.45) is 22.5 Å². The SMILES string of the molecule is C=C(Cc1ccccc1C=C1C(=O)C2(C)CCC1C2(C)C)C(N)=O. The number of fused-ring (bicyclic) bond motifs is 2. The van der Waals surface area contributed by atoms with Gasteiger partial charge in [-0.15, -0.1) is 0 Å². The van der Waals surface area contributed by atoms with Gasteiger partial charge in [0, 0.05) is 17.4 Å². The first-order valence-corrected chi connectivity index (χ1v) is 8.50. The van der Waals surface area contributed by atoms with Crippen LogP contribution in [0.25, 0.3) is 6.08 Å². The molecular weight excluding hydrogens is 298 g/mol. The molecule has 2 aliphatic carbocycles. The van der Waals surface area contributed by atoms with Crippen LogP contribution in [-0.2, 0) is 16.0 Å². The number of allylic oxidation sites excluding steroid dienone is 1. The number of primary amides is 1. The number of benzene rings is 1. The summed E-state index contributed by atoms with van der Waals surface area (Å²) in [6.45, 7) is 10.3. The van der Waals surface area contributed by atoms with Crippen LogP contribution in [0.4, 0.5) is 0 Å². The summed E-state index contributed by atoms with van der Waals surface area (Å²) in [5.74, 6) is 0.108. The van der Waals surface area contributed by atoms with Gasteiger partial charge in [0.1, 0.15) is 0 Å². The normalized spacial score (nSPS) is 29.2. The van der Waals surface area contributed by atoms with Gasteiger partial charge >= 0.3 is 0 Å². The predicted molar refractivity (Wildman–Crippen MR) is 96.1 cm³/mol. The summed E-state index contributed by atoms with van der Waals surface area (Å²) in [6, 6.07) is 7.84. The second-order valence-corrected chi connectivity index (χ2v) is 7.92. The van der Waals surface area contributed by atoms with Crippen molar-refractivity contribution in [2.75, 3.05) is 0 Å². The van der Waals surface area contributed by atoms with Gasteiger partial charge in [-0.1, -0.05) is 51.6 Å². The second-order valence-electron chi connectivity index (χ2n) is 7.92. The lowest BCUT2D eigenvalue weighted by Crippen LogP contribution is -2.32. The summed E-state index contributed by atoms with van der Waals surface area (Å²) in [4.78, 5) is 24.3. The molecule has 0 aliphatic heterocycles. The van der Waals surface area contributed by atoms with Gasteiger partial charge in [0.2, 0.25) is 5.91 Å². The lowest BCUT2D eigenvalue weighted by atomic mass is 9.70. The molecule has 2 bridgehead atoms. The molecule has 2 N–H and O–H groups in total. The van der Waals surface area contributed by atoms with E-state index in [1.807, 2.05) is 30.3 Å². The standard InChI is InChI=1S/C21H25NO2/c1-13(19(22)24)11-14-7-5-6-8-15(14)12-16-17-9-10-21(4,18(16)23)20(17,2)3/h5-8,12,17H,1,9-11H2,2-4H3,(H2,22,24). The highest BCUT2D eigenvalue weighted by Crippen LogP contribution is 2.65. The summed E-state index contributed by atoms with van der Waals surface area (Å²) < 4.78 is 0. The number of amides is 1. The molecule has 1 aromatic carbocycles. The van der Waals surface area contributed by atoms with Crippen molar-refractivity contribution in [3.63, 3.8) is 0 Å². The Balaban J connectivity index is 2.00. The highest BCUT2D eigenvalue weighted by atomic mass is 16.1. The molecule has 0 aromatic heterocycles. The highest BCUT2D eigenvalue weighted by molar-refractivity contribution is 6.08. The first-order chi connectivity index (χ1) is 11.2. The lowest BCUT2D eigenvalue weighted by Gasteiger charge is -2.31. The van der Waals surface area contributed by atoms with Crippen molar-refractivity contribution in [3.05, 3.63) is 53.1 Å². The molecule has 1 amide bonds. The monoisotopic (exact) mass is 323 g/mol. The van der Waals surface area contributed by atoms with Crippen LogP contribution in [0.5, 0.6) is 0 Å². The van der Waals surface area contributed by atoms with E-state index < -0.39 is 5.91 Å². The molecule has 0 spiro atoms. The Morgan fingerprint density at radius 1 is 1.33 bits per heavy atom. The molecule has 2 fully saturated rings. The number of hydrogen-bond donors (Lipinski definition) is 1. The second kappa shape index (κ2) is 5.44. The van der Waals surface area contributed by atoms with Gasteiger partial charge in [-0.25, -0.2) is 0 Å². The van der Waals surface area contributed by atoms with Crippen LogP contribution < -0.4 is 5.73 Å². The van der Waals surface area contributed by atoms with Gasteiger partial charge < -0.3 is 5.73 Å². The summed E-state index contributed by atoms with van der Waals surface area (Å²) in [5, 5.41) is 0. The Morgan fingerprint density at radius 3 is 2.58 bits per heavy atom. The number of hydrogen-bond acceptors (Lipinski definition) is 2. The highest BCUT2D eigenvalue weighted by Gasteiger charge is 2.63. The maximum atomic E-state index is 13.0. The molecule has 3 nitrogen and oxygen atoms in total. The zero-order valence-corrected chi connectivity index (χ0v) is 14.7. The lowest BCUT2D eigenvalue weighted by molar-refractivity contribution is -0.125. The molecule has 2 unspecified atom stereocenters. The van der Waals surface area contributed by atoms with Crippen LogP contribution in [0, 0.1) is 16.7 Å². The third-order valence-electron chi connectivity index (χ3n) is 6.48. The fraction of sp³-hybridized carbons (Fsp3) is 0.429. The molecule has 24 heavy (non-hydrogen) atoms. The molecule has 3 rings (SSSR count). The van der Waals surface area contributed by atoms with E-state index in [9.17, 15) is 9.59 Å². The van der Waals surface area contributed by atoms with Gasteiger partial charge in [0.25, 0.3) is 0 Å². The quantitative estimate of drug-likeness (QED) is 0.859. The third kappa shape index (κ3) is 2.26. The van der Waals surface area contributed by atoms with Gasteiger partial charge in [0.15, 0.2) is 5.78 Å². The van der Waals surface area contributed by atoms with Crippen molar-refractivity contribution in [2.45, 2.75) is 40.0 Å². The summed E-state index contributed by atoms with van der Waals surface area (Å²) in [5.41, 5.74) is 8.34. The Labute approximate surface area is 143 Å². The Bertz CT molecular complexity index is 772. The molecule has 126 valence electrons. The number of nitrogens with two attached hydrogens (primary N) is 1. The molecule has 3 heteroatoms. The maximum absolute atomic E-state index is 13.0. The van der Waals surface area contributed by atoms with E-state index in [2.05, 4.69) is 27.4 Å². The van der Waals surface area contributed by atoms with Crippen molar-refractivity contribution in [1.29, 1.82) is 0 Å². The van der Waals surface area contributed by atoms with Crippen LogP contribution in [0.15, 0.2) is 42.0 Å². The van der Waals surface area contributed by atoms with Crippen molar-refractivity contribution in [3.8, 4) is 0 Å². The van der Waals surface area contributed by atoms with Gasteiger partial charge in [-0.2, -0.15) is 0 Å². The number of carbonyl (C=O) groups excluding carboxylic acids is 2. The first kappa shape index (κ1) is 16.7. The first-order valence-electron chi connectivity index (χ1n) is 8.50. The minimum absolute atomic E-state index is 0.00167. The molecule has 2 saturated carbocycles. The maximum Gasteiger partial charge on any atom is 0.244 e. The number of rotatable bonds is 4. The summed E-state index contributed by atoms with van der Waals surface area (Å²) in [7, 11) is 0. The van der Waals surface area contributed by atoms with E-state index in [1.54, 1.807) is 0 Å². The minimum Gasteiger partial charge on any atom is -0.366 e. The van der Waals surface area contributed by atoms with Crippen LogP contribution in [0.1, 0.15) is 44.7 Å². The number of Topliss-reactive ketones (excluding diaryl/α,β-unsaturated/α-hetero) is 1. The fourth-order valence-electron chi connectivity index (χ4n) is 4.41. The Kier molecular flexibility index (Phi) is 3.78. The van der Waals surface area contributed by atoms with Gasteiger partial charge in [0.05, 0.1) is 0 Å². The average molecular weight is 323 g/mol. The molecule has 0 radical (unpaired) electrons. The summed E-state index contributed by atoms with van der Waals surface area (Å²) in [6.07, 6.45) is 4.48. The van der Waals surface area contributed by atoms with E-state index >= 15 is 0 Å². The topological polar surface area (TPSA) is 60.2 Å². The average Bonchev–Trinajstić information content (AvgIpc) is 2.83.